The fourth-order valence-electron chi connectivity index (χ4n) is 2.73. The number of rotatable bonds is 4. The Balaban J connectivity index is 2.18. The van der Waals surface area contributed by atoms with E-state index in [4.69, 9.17) is 4.74 Å². The van der Waals surface area contributed by atoms with E-state index < -0.39 is 5.60 Å². The van der Waals surface area contributed by atoms with E-state index in [0.29, 0.717) is 12.5 Å². The van der Waals surface area contributed by atoms with Gasteiger partial charge in [-0.15, -0.1) is 0 Å². The van der Waals surface area contributed by atoms with Gasteiger partial charge in [-0.05, 0) is 50.2 Å². The van der Waals surface area contributed by atoms with Gasteiger partial charge in [0.05, 0.1) is 0 Å². The highest BCUT2D eigenvalue weighted by atomic mass is 16.5. The minimum atomic E-state index is -0.616. The van der Waals surface area contributed by atoms with Crippen molar-refractivity contribution in [1.82, 2.24) is 0 Å². The average Bonchev–Trinajstić information content (AvgIpc) is 2.38. The fraction of sp³-hybridized carbons (Fsp3) is 0.588. The number of ether oxygens (including phenoxy) is 1. The maximum absolute atomic E-state index is 12.6. The summed E-state index contributed by atoms with van der Waals surface area (Å²) in [7, 11) is 0. The molecule has 1 fully saturated rings. The van der Waals surface area contributed by atoms with E-state index in [1.54, 1.807) is 0 Å². The molecule has 2 rings (SSSR count). The lowest BCUT2D eigenvalue weighted by atomic mass is 9.87. The average molecular weight is 260 g/mol. The lowest BCUT2D eigenvalue weighted by molar-refractivity contribution is -0.0426. The second kappa shape index (κ2) is 5.87. The molecule has 2 heteroatoms. The minimum absolute atomic E-state index is 0.137. The van der Waals surface area contributed by atoms with Crippen molar-refractivity contribution in [1.29, 1.82) is 0 Å². The molecule has 0 amide bonds. The lowest BCUT2D eigenvalue weighted by Crippen LogP contribution is -2.41. The van der Waals surface area contributed by atoms with Crippen LogP contribution in [-0.2, 0) is 11.2 Å². The summed E-state index contributed by atoms with van der Waals surface area (Å²) in [6, 6.07) is 8.03. The van der Waals surface area contributed by atoms with E-state index in [1.165, 1.54) is 5.56 Å². The van der Waals surface area contributed by atoms with Crippen LogP contribution in [0.5, 0.6) is 0 Å². The molecular formula is C17H24O2. The Kier molecular flexibility index (Phi) is 4.41. The number of carbonyl (C=O) groups is 1. The summed E-state index contributed by atoms with van der Waals surface area (Å²) in [6.45, 7) is 7.03. The van der Waals surface area contributed by atoms with E-state index in [2.05, 4.69) is 19.9 Å². The van der Waals surface area contributed by atoms with E-state index >= 15 is 0 Å². The molecule has 19 heavy (non-hydrogen) atoms. The fourth-order valence-corrected chi connectivity index (χ4v) is 2.73. The third-order valence-corrected chi connectivity index (χ3v) is 3.78. The van der Waals surface area contributed by atoms with Crippen LogP contribution >= 0.6 is 0 Å². The van der Waals surface area contributed by atoms with Crippen molar-refractivity contribution >= 4 is 5.78 Å². The molecule has 1 aromatic rings. The maximum atomic E-state index is 12.6. The summed E-state index contributed by atoms with van der Waals surface area (Å²) in [6.07, 6.45) is 3.99. The highest BCUT2D eigenvalue weighted by Crippen LogP contribution is 2.28. The van der Waals surface area contributed by atoms with Gasteiger partial charge in [0.1, 0.15) is 5.60 Å². The van der Waals surface area contributed by atoms with E-state index in [9.17, 15) is 4.79 Å². The summed E-state index contributed by atoms with van der Waals surface area (Å²) in [4.78, 5) is 12.6. The molecule has 1 aromatic carbocycles. The van der Waals surface area contributed by atoms with Gasteiger partial charge in [0.25, 0.3) is 0 Å². The molecule has 0 bridgehead atoms. The molecule has 1 aliphatic rings. The van der Waals surface area contributed by atoms with Gasteiger partial charge in [0.2, 0.25) is 0 Å². The molecule has 0 aliphatic carbocycles. The van der Waals surface area contributed by atoms with Crippen LogP contribution in [0.3, 0.4) is 0 Å². The summed E-state index contributed by atoms with van der Waals surface area (Å²) in [5.41, 5.74) is 1.41. The van der Waals surface area contributed by atoms with Gasteiger partial charge >= 0.3 is 0 Å². The summed E-state index contributed by atoms with van der Waals surface area (Å²) in [5, 5.41) is 0. The molecule has 0 spiro atoms. The Morgan fingerprint density at radius 2 is 2.16 bits per heavy atom. The number of benzene rings is 1. The summed E-state index contributed by atoms with van der Waals surface area (Å²) >= 11 is 0. The molecule has 0 aromatic heterocycles. The minimum Gasteiger partial charge on any atom is -0.367 e. The maximum Gasteiger partial charge on any atom is 0.194 e. The zero-order chi connectivity index (χ0) is 13.9. The lowest BCUT2D eigenvalue weighted by Gasteiger charge is -2.32. The highest BCUT2D eigenvalue weighted by molar-refractivity contribution is 6.02. The molecule has 1 aliphatic heterocycles. The van der Waals surface area contributed by atoms with Gasteiger partial charge < -0.3 is 4.74 Å². The van der Waals surface area contributed by atoms with Crippen LogP contribution < -0.4 is 0 Å². The second-order valence-electron chi connectivity index (χ2n) is 6.16. The van der Waals surface area contributed by atoms with Crippen molar-refractivity contribution in [2.45, 2.75) is 52.1 Å². The number of ketones is 1. The molecule has 1 heterocycles. The Hall–Kier alpha value is -1.15. The standard InChI is InChI=1S/C17H24O2/c1-13(2)11-14-7-6-8-15(12-14)16(18)17(3)9-4-5-10-19-17/h6-8,12-13H,4-5,9-11H2,1-3H3. The van der Waals surface area contributed by atoms with Crippen molar-refractivity contribution in [3.8, 4) is 0 Å². The third-order valence-electron chi connectivity index (χ3n) is 3.78. The van der Waals surface area contributed by atoms with Crippen LogP contribution in [0.25, 0.3) is 0 Å². The van der Waals surface area contributed by atoms with Gasteiger partial charge in [0, 0.05) is 12.2 Å². The number of hydrogen-bond acceptors (Lipinski definition) is 2. The molecule has 1 atom stereocenters. The smallest absolute Gasteiger partial charge is 0.194 e. The van der Waals surface area contributed by atoms with Crippen molar-refractivity contribution in [3.63, 3.8) is 0 Å². The highest BCUT2D eigenvalue weighted by Gasteiger charge is 2.36. The number of carbonyl (C=O) groups excluding carboxylic acids is 1. The Bertz CT molecular complexity index is 442. The van der Waals surface area contributed by atoms with Crippen LogP contribution in [0.1, 0.15) is 56.0 Å². The van der Waals surface area contributed by atoms with E-state index in [1.807, 2.05) is 25.1 Å². The van der Waals surface area contributed by atoms with Crippen LogP contribution in [0.15, 0.2) is 24.3 Å². The van der Waals surface area contributed by atoms with Gasteiger partial charge in [-0.1, -0.05) is 32.0 Å². The first kappa shape index (κ1) is 14.3. The SMILES string of the molecule is CC(C)Cc1cccc(C(=O)C2(C)CCCCO2)c1. The molecule has 0 N–H and O–H groups in total. The van der Waals surface area contributed by atoms with Crippen molar-refractivity contribution in [2.24, 2.45) is 5.92 Å². The predicted octanol–water partition coefficient (Wildman–Crippen LogP) is 4.03. The van der Waals surface area contributed by atoms with Gasteiger partial charge in [-0.25, -0.2) is 0 Å². The van der Waals surface area contributed by atoms with Crippen molar-refractivity contribution in [3.05, 3.63) is 35.4 Å². The van der Waals surface area contributed by atoms with Crippen LogP contribution in [0.4, 0.5) is 0 Å². The molecule has 2 nitrogen and oxygen atoms in total. The first-order chi connectivity index (χ1) is 9.01. The molecule has 1 unspecified atom stereocenters. The second-order valence-corrected chi connectivity index (χ2v) is 6.16. The predicted molar refractivity (Wildman–Crippen MR) is 77.5 cm³/mol. The molecule has 104 valence electrons. The summed E-state index contributed by atoms with van der Waals surface area (Å²) in [5.74, 6) is 0.740. The monoisotopic (exact) mass is 260 g/mol. The normalized spacial score (nSPS) is 23.6. The zero-order valence-corrected chi connectivity index (χ0v) is 12.2. The Morgan fingerprint density at radius 3 is 2.79 bits per heavy atom. The van der Waals surface area contributed by atoms with Gasteiger partial charge in [0.15, 0.2) is 5.78 Å². The van der Waals surface area contributed by atoms with Crippen LogP contribution in [0, 0.1) is 5.92 Å². The summed E-state index contributed by atoms with van der Waals surface area (Å²) < 4.78 is 5.75. The van der Waals surface area contributed by atoms with Crippen LogP contribution in [0.2, 0.25) is 0 Å². The third kappa shape index (κ3) is 3.44. The first-order valence-corrected chi connectivity index (χ1v) is 7.29. The molecule has 0 radical (unpaired) electrons. The largest absolute Gasteiger partial charge is 0.367 e. The Labute approximate surface area is 116 Å². The molecular weight excluding hydrogens is 236 g/mol. The Morgan fingerprint density at radius 1 is 1.37 bits per heavy atom. The number of Topliss-reactive ketones (excluding diaryl/α,β-unsaturated/α-hetero) is 1. The van der Waals surface area contributed by atoms with Gasteiger partial charge in [-0.2, -0.15) is 0 Å². The number of hydrogen-bond donors (Lipinski definition) is 0. The first-order valence-electron chi connectivity index (χ1n) is 7.29. The van der Waals surface area contributed by atoms with Gasteiger partial charge in [-0.3, -0.25) is 4.79 Å². The molecule has 1 saturated heterocycles. The van der Waals surface area contributed by atoms with Crippen molar-refractivity contribution in [2.75, 3.05) is 6.61 Å². The zero-order valence-electron chi connectivity index (χ0n) is 12.2. The van der Waals surface area contributed by atoms with Crippen LogP contribution in [-0.4, -0.2) is 18.0 Å². The van der Waals surface area contributed by atoms with E-state index in [-0.39, 0.29) is 5.78 Å². The van der Waals surface area contributed by atoms with Crippen molar-refractivity contribution < 1.29 is 9.53 Å². The van der Waals surface area contributed by atoms with E-state index in [0.717, 1.165) is 31.2 Å². The quantitative estimate of drug-likeness (QED) is 0.764. The topological polar surface area (TPSA) is 26.3 Å². The molecule has 0 saturated carbocycles.